The molecule has 0 radical (unpaired) electrons. The van der Waals surface area contributed by atoms with Gasteiger partial charge in [-0.05, 0) is 24.3 Å². The van der Waals surface area contributed by atoms with E-state index < -0.39 is 0 Å². The van der Waals surface area contributed by atoms with Crippen LogP contribution in [0, 0.1) is 0 Å². The minimum Gasteiger partial charge on any atom is -0.278 e. The average molecular weight is 304 g/mol. The van der Waals surface area contributed by atoms with Crippen LogP contribution in [0.3, 0.4) is 0 Å². The van der Waals surface area contributed by atoms with E-state index in [1.807, 2.05) is 12.1 Å². The van der Waals surface area contributed by atoms with Crippen molar-refractivity contribution in [2.45, 2.75) is 0 Å². The molecule has 2 rings (SSSR count). The molecule has 0 fully saturated rings. The van der Waals surface area contributed by atoms with Crippen LogP contribution < -0.4 is 5.43 Å². The fraction of sp³-hybridized carbons (Fsp3) is 0.0909. The van der Waals surface area contributed by atoms with Gasteiger partial charge in [-0.1, -0.05) is 34.8 Å². The first kappa shape index (κ1) is 13.2. The summed E-state index contributed by atoms with van der Waals surface area (Å²) < 4.78 is 1.48. The molecule has 94 valence electrons. The van der Waals surface area contributed by atoms with Gasteiger partial charge in [0.1, 0.15) is 5.15 Å². The normalized spacial score (nSPS) is 11.1. The predicted molar refractivity (Wildman–Crippen MR) is 75.9 cm³/mol. The van der Waals surface area contributed by atoms with Crippen molar-refractivity contribution in [1.29, 1.82) is 0 Å². The number of aromatic nitrogens is 2. The molecule has 18 heavy (non-hydrogen) atoms. The minimum absolute atomic E-state index is 0.309. The molecule has 1 aromatic carbocycles. The third-order valence-corrected chi connectivity index (χ3v) is 3.18. The van der Waals surface area contributed by atoms with Crippen LogP contribution in [-0.2, 0) is 7.05 Å². The highest BCUT2D eigenvalue weighted by Crippen LogP contribution is 2.21. The van der Waals surface area contributed by atoms with Crippen LogP contribution in [-0.4, -0.2) is 16.0 Å². The maximum Gasteiger partial charge on any atom is 0.161 e. The molecule has 0 bridgehead atoms. The zero-order valence-corrected chi connectivity index (χ0v) is 11.6. The second-order valence-electron chi connectivity index (χ2n) is 3.50. The lowest BCUT2D eigenvalue weighted by molar-refractivity contribution is 0.769. The minimum atomic E-state index is 0.309. The molecule has 0 aliphatic heterocycles. The Kier molecular flexibility index (Phi) is 4.11. The maximum absolute atomic E-state index is 6.00. The molecule has 2 aromatic rings. The van der Waals surface area contributed by atoms with E-state index in [4.69, 9.17) is 34.8 Å². The number of halogens is 3. The molecule has 0 saturated carbocycles. The van der Waals surface area contributed by atoms with E-state index in [0.717, 1.165) is 5.69 Å². The first-order chi connectivity index (χ1) is 8.58. The summed E-state index contributed by atoms with van der Waals surface area (Å²) in [6.07, 6.45) is 1.52. The third kappa shape index (κ3) is 2.96. The van der Waals surface area contributed by atoms with E-state index in [0.29, 0.717) is 20.9 Å². The Labute approximate surface area is 119 Å². The van der Waals surface area contributed by atoms with Crippen molar-refractivity contribution in [3.63, 3.8) is 0 Å². The second kappa shape index (κ2) is 5.61. The number of hydrazone groups is 1. The van der Waals surface area contributed by atoms with Crippen molar-refractivity contribution in [2.24, 2.45) is 12.1 Å². The Hall–Kier alpha value is -1.23. The Balaban J connectivity index is 2.10. The Bertz CT molecular complexity index is 575. The average Bonchev–Trinajstić information content (AvgIpc) is 2.58. The lowest BCUT2D eigenvalue weighted by atomic mass is 10.3. The van der Waals surface area contributed by atoms with Crippen molar-refractivity contribution < 1.29 is 0 Å². The van der Waals surface area contributed by atoms with Crippen molar-refractivity contribution in [1.82, 2.24) is 9.78 Å². The SMILES string of the molecule is Cn1nc(Cl)c(C=NNc2ccc(Cl)cc2)c1Cl. The molecule has 0 aliphatic rings. The Morgan fingerprint density at radius 3 is 2.44 bits per heavy atom. The standard InChI is InChI=1S/C11H9Cl3N4/c1-18-11(14)9(10(13)17-18)6-15-16-8-4-2-7(12)3-5-8/h2-6,16H,1H3. The molecule has 1 N–H and O–H groups in total. The summed E-state index contributed by atoms with van der Waals surface area (Å²) in [5.41, 5.74) is 4.22. The number of hydrogen-bond acceptors (Lipinski definition) is 3. The van der Waals surface area contributed by atoms with Gasteiger partial charge >= 0.3 is 0 Å². The van der Waals surface area contributed by atoms with Crippen molar-refractivity contribution in [3.05, 3.63) is 45.2 Å². The summed E-state index contributed by atoms with van der Waals surface area (Å²) in [7, 11) is 1.71. The third-order valence-electron chi connectivity index (χ3n) is 2.20. The van der Waals surface area contributed by atoms with Gasteiger partial charge < -0.3 is 0 Å². The van der Waals surface area contributed by atoms with E-state index in [1.165, 1.54) is 10.9 Å². The lowest BCUT2D eigenvalue weighted by Gasteiger charge is -1.99. The van der Waals surface area contributed by atoms with Gasteiger partial charge in [-0.2, -0.15) is 10.2 Å². The van der Waals surface area contributed by atoms with E-state index in [2.05, 4.69) is 15.6 Å². The monoisotopic (exact) mass is 302 g/mol. The van der Waals surface area contributed by atoms with Crippen LogP contribution >= 0.6 is 34.8 Å². The highest BCUT2D eigenvalue weighted by molar-refractivity contribution is 6.37. The molecule has 7 heteroatoms. The van der Waals surface area contributed by atoms with Crippen LogP contribution in [0.25, 0.3) is 0 Å². The smallest absolute Gasteiger partial charge is 0.161 e. The van der Waals surface area contributed by atoms with Crippen LogP contribution in [0.1, 0.15) is 5.56 Å². The fourth-order valence-electron chi connectivity index (χ4n) is 1.29. The van der Waals surface area contributed by atoms with E-state index in [1.54, 1.807) is 19.2 Å². The van der Waals surface area contributed by atoms with E-state index in [9.17, 15) is 0 Å². The lowest BCUT2D eigenvalue weighted by Crippen LogP contribution is -1.91. The summed E-state index contributed by atoms with van der Waals surface area (Å²) >= 11 is 17.7. The largest absolute Gasteiger partial charge is 0.278 e. The number of rotatable bonds is 3. The molecule has 0 atom stereocenters. The van der Waals surface area contributed by atoms with Crippen LogP contribution in [0.2, 0.25) is 15.3 Å². The van der Waals surface area contributed by atoms with Crippen molar-refractivity contribution in [3.8, 4) is 0 Å². The molecule has 0 amide bonds. The molecule has 4 nitrogen and oxygen atoms in total. The summed E-state index contributed by atoms with van der Waals surface area (Å²) in [5.74, 6) is 0. The molecule has 0 spiro atoms. The summed E-state index contributed by atoms with van der Waals surface area (Å²) in [5, 5.41) is 9.41. The van der Waals surface area contributed by atoms with Gasteiger partial charge in [-0.15, -0.1) is 0 Å². The molecule has 0 unspecified atom stereocenters. The van der Waals surface area contributed by atoms with Gasteiger partial charge in [-0.3, -0.25) is 10.1 Å². The van der Waals surface area contributed by atoms with Crippen LogP contribution in [0.5, 0.6) is 0 Å². The number of nitrogens with zero attached hydrogens (tertiary/aromatic N) is 3. The Morgan fingerprint density at radius 1 is 1.22 bits per heavy atom. The molecular formula is C11H9Cl3N4. The first-order valence-electron chi connectivity index (χ1n) is 5.00. The van der Waals surface area contributed by atoms with E-state index >= 15 is 0 Å². The van der Waals surface area contributed by atoms with Gasteiger partial charge in [0.05, 0.1) is 17.5 Å². The summed E-state index contributed by atoms with van der Waals surface area (Å²) in [4.78, 5) is 0. The molecule has 0 aliphatic carbocycles. The molecule has 0 saturated heterocycles. The summed E-state index contributed by atoms with van der Waals surface area (Å²) in [6, 6.07) is 7.16. The van der Waals surface area contributed by atoms with Gasteiger partial charge in [0.15, 0.2) is 5.15 Å². The second-order valence-corrected chi connectivity index (χ2v) is 4.65. The molecule has 1 aromatic heterocycles. The zero-order valence-electron chi connectivity index (χ0n) is 9.36. The number of nitrogens with one attached hydrogen (secondary N) is 1. The Morgan fingerprint density at radius 2 is 1.89 bits per heavy atom. The van der Waals surface area contributed by atoms with Crippen LogP contribution in [0.15, 0.2) is 29.4 Å². The number of aryl methyl sites for hydroxylation is 1. The molecule has 1 heterocycles. The van der Waals surface area contributed by atoms with E-state index in [-0.39, 0.29) is 0 Å². The van der Waals surface area contributed by atoms with Gasteiger partial charge in [0.2, 0.25) is 0 Å². The van der Waals surface area contributed by atoms with Gasteiger partial charge in [-0.25, -0.2) is 0 Å². The van der Waals surface area contributed by atoms with Gasteiger partial charge in [0.25, 0.3) is 0 Å². The van der Waals surface area contributed by atoms with Crippen LogP contribution in [0.4, 0.5) is 5.69 Å². The maximum atomic E-state index is 6.00. The van der Waals surface area contributed by atoms with Crippen molar-refractivity contribution >= 4 is 46.7 Å². The fourth-order valence-corrected chi connectivity index (χ4v) is 1.89. The van der Waals surface area contributed by atoms with Gasteiger partial charge in [0, 0.05) is 12.1 Å². The number of hydrogen-bond donors (Lipinski definition) is 1. The highest BCUT2D eigenvalue weighted by atomic mass is 35.5. The zero-order chi connectivity index (χ0) is 13.1. The highest BCUT2D eigenvalue weighted by Gasteiger charge is 2.10. The number of benzene rings is 1. The summed E-state index contributed by atoms with van der Waals surface area (Å²) in [6.45, 7) is 0. The predicted octanol–water partition coefficient (Wildman–Crippen LogP) is 3.83. The topological polar surface area (TPSA) is 42.2 Å². The van der Waals surface area contributed by atoms with Crippen molar-refractivity contribution in [2.75, 3.05) is 5.43 Å². The quantitative estimate of drug-likeness (QED) is 0.692. The molecular weight excluding hydrogens is 295 g/mol. The first-order valence-corrected chi connectivity index (χ1v) is 6.14. The number of anilines is 1.